The van der Waals surface area contributed by atoms with Crippen molar-refractivity contribution in [3.05, 3.63) is 71.3 Å². The van der Waals surface area contributed by atoms with Crippen LogP contribution >= 0.6 is 0 Å². The highest BCUT2D eigenvalue weighted by Crippen LogP contribution is 2.27. The van der Waals surface area contributed by atoms with Gasteiger partial charge >= 0.3 is 11.9 Å². The van der Waals surface area contributed by atoms with Gasteiger partial charge in [-0.3, -0.25) is 4.79 Å². The molecule has 0 aromatic heterocycles. The lowest BCUT2D eigenvalue weighted by Crippen LogP contribution is -2.42. The molecule has 3 rings (SSSR count). The molecule has 1 atom stereocenters. The van der Waals surface area contributed by atoms with Crippen molar-refractivity contribution in [1.29, 1.82) is 0 Å². The third-order valence-electron chi connectivity index (χ3n) is 4.76. The van der Waals surface area contributed by atoms with Crippen LogP contribution in [0, 0.1) is 0 Å². The smallest absolute Gasteiger partial charge is 0.337 e. The number of fused-ring (bicyclic) bond motifs is 1. The number of esters is 2. The van der Waals surface area contributed by atoms with Crippen molar-refractivity contribution in [3.63, 3.8) is 0 Å². The number of aryl methyl sites for hydroxylation is 1. The summed E-state index contributed by atoms with van der Waals surface area (Å²) < 4.78 is 9.94. The van der Waals surface area contributed by atoms with Crippen LogP contribution in [0.25, 0.3) is 6.08 Å². The first kappa shape index (κ1) is 20.3. The summed E-state index contributed by atoms with van der Waals surface area (Å²) in [6.45, 7) is 2.19. The average molecular weight is 393 g/mol. The Bertz CT molecular complexity index is 933. The van der Waals surface area contributed by atoms with E-state index in [4.69, 9.17) is 4.74 Å². The van der Waals surface area contributed by atoms with Crippen molar-refractivity contribution < 1.29 is 23.9 Å². The molecule has 29 heavy (non-hydrogen) atoms. The van der Waals surface area contributed by atoms with E-state index in [1.807, 2.05) is 24.3 Å². The number of para-hydroxylation sites is 1. The van der Waals surface area contributed by atoms with Crippen molar-refractivity contribution in [2.24, 2.45) is 0 Å². The summed E-state index contributed by atoms with van der Waals surface area (Å²) in [6.07, 6.45) is 3.76. The number of benzene rings is 2. The fourth-order valence-electron chi connectivity index (χ4n) is 3.26. The van der Waals surface area contributed by atoms with Crippen molar-refractivity contribution in [2.45, 2.75) is 25.9 Å². The zero-order chi connectivity index (χ0) is 20.8. The van der Waals surface area contributed by atoms with Gasteiger partial charge in [-0.25, -0.2) is 9.59 Å². The van der Waals surface area contributed by atoms with Gasteiger partial charge in [0.15, 0.2) is 6.10 Å². The Morgan fingerprint density at radius 1 is 1.07 bits per heavy atom. The Morgan fingerprint density at radius 3 is 2.52 bits per heavy atom. The largest absolute Gasteiger partial charge is 0.465 e. The second-order valence-electron chi connectivity index (χ2n) is 6.75. The normalized spacial score (nSPS) is 14.2. The van der Waals surface area contributed by atoms with Crippen LogP contribution in [0.2, 0.25) is 0 Å². The molecule has 0 radical (unpaired) electrons. The van der Waals surface area contributed by atoms with Gasteiger partial charge in [0, 0.05) is 18.3 Å². The Balaban J connectivity index is 1.60. The highest BCUT2D eigenvalue weighted by Gasteiger charge is 2.27. The Hall–Kier alpha value is -3.41. The van der Waals surface area contributed by atoms with Crippen molar-refractivity contribution >= 4 is 29.6 Å². The van der Waals surface area contributed by atoms with Gasteiger partial charge in [0.05, 0.1) is 12.7 Å². The summed E-state index contributed by atoms with van der Waals surface area (Å²) in [6, 6.07) is 14.4. The van der Waals surface area contributed by atoms with E-state index in [0.29, 0.717) is 12.1 Å². The lowest BCUT2D eigenvalue weighted by molar-refractivity contribution is -0.149. The van der Waals surface area contributed by atoms with Crippen LogP contribution in [0.4, 0.5) is 5.69 Å². The SMILES string of the molecule is COC(=O)c1ccc(/C=C/C(=O)O[C@H](C)C(=O)N2CCCc3ccccc32)cc1. The maximum absolute atomic E-state index is 12.8. The van der Waals surface area contributed by atoms with Crippen LogP contribution < -0.4 is 4.90 Å². The summed E-state index contributed by atoms with van der Waals surface area (Å²) in [7, 11) is 1.32. The van der Waals surface area contributed by atoms with Gasteiger partial charge < -0.3 is 14.4 Å². The fourth-order valence-corrected chi connectivity index (χ4v) is 3.26. The average Bonchev–Trinajstić information content (AvgIpc) is 2.76. The van der Waals surface area contributed by atoms with Crippen LogP contribution in [0.15, 0.2) is 54.6 Å². The predicted molar refractivity (Wildman–Crippen MR) is 109 cm³/mol. The van der Waals surface area contributed by atoms with Crippen LogP contribution in [-0.2, 0) is 25.5 Å². The van der Waals surface area contributed by atoms with Gasteiger partial charge in [0.2, 0.25) is 0 Å². The van der Waals surface area contributed by atoms with Crippen LogP contribution in [-0.4, -0.2) is 37.6 Å². The number of ether oxygens (including phenoxy) is 2. The number of methoxy groups -OCH3 is 1. The number of hydrogen-bond acceptors (Lipinski definition) is 5. The third-order valence-corrected chi connectivity index (χ3v) is 4.76. The van der Waals surface area contributed by atoms with E-state index in [9.17, 15) is 14.4 Å². The number of amides is 1. The number of anilines is 1. The van der Waals surface area contributed by atoms with Crippen LogP contribution in [0.3, 0.4) is 0 Å². The number of carbonyl (C=O) groups excluding carboxylic acids is 3. The third kappa shape index (κ3) is 4.90. The molecule has 0 saturated heterocycles. The number of rotatable bonds is 5. The quantitative estimate of drug-likeness (QED) is 0.575. The van der Waals surface area contributed by atoms with Crippen molar-refractivity contribution in [3.8, 4) is 0 Å². The maximum atomic E-state index is 12.8. The van der Waals surface area contributed by atoms with Gasteiger partial charge in [-0.2, -0.15) is 0 Å². The second kappa shape index (κ2) is 9.19. The number of nitrogens with zero attached hydrogens (tertiary/aromatic N) is 1. The lowest BCUT2D eigenvalue weighted by atomic mass is 10.0. The zero-order valence-electron chi connectivity index (χ0n) is 16.5. The Morgan fingerprint density at radius 2 is 1.79 bits per heavy atom. The first-order valence-electron chi connectivity index (χ1n) is 9.46. The molecule has 2 aromatic rings. The molecule has 1 aliphatic rings. The predicted octanol–water partition coefficient (Wildman–Crippen LogP) is 3.40. The molecule has 1 amide bonds. The molecule has 2 aromatic carbocycles. The lowest BCUT2D eigenvalue weighted by Gasteiger charge is -2.31. The molecule has 1 aliphatic heterocycles. The standard InChI is InChI=1S/C23H23NO5/c1-16(22(26)24-15-5-7-18-6-3-4-8-20(18)24)29-21(25)14-11-17-9-12-19(13-10-17)23(27)28-2/h3-4,6,8-14,16H,5,7,15H2,1-2H3/b14-11+/t16-/m1/s1. The molecule has 1 heterocycles. The van der Waals surface area contributed by atoms with Gasteiger partial charge in [0.25, 0.3) is 5.91 Å². The summed E-state index contributed by atoms with van der Waals surface area (Å²) in [5.41, 5.74) is 3.15. The minimum Gasteiger partial charge on any atom is -0.465 e. The maximum Gasteiger partial charge on any atom is 0.337 e. The first-order valence-corrected chi connectivity index (χ1v) is 9.46. The zero-order valence-corrected chi connectivity index (χ0v) is 16.5. The molecule has 6 heteroatoms. The van der Waals surface area contributed by atoms with E-state index in [0.717, 1.165) is 29.7 Å². The van der Waals surface area contributed by atoms with Gasteiger partial charge in [-0.05, 0) is 55.2 Å². The van der Waals surface area contributed by atoms with Gasteiger partial charge in [-0.1, -0.05) is 30.3 Å². The topological polar surface area (TPSA) is 72.9 Å². The van der Waals surface area contributed by atoms with E-state index >= 15 is 0 Å². The van der Waals surface area contributed by atoms with Crippen LogP contribution in [0.5, 0.6) is 0 Å². The molecule has 0 bridgehead atoms. The van der Waals surface area contributed by atoms with E-state index in [1.165, 1.54) is 13.2 Å². The number of hydrogen-bond donors (Lipinski definition) is 0. The van der Waals surface area contributed by atoms with Crippen molar-refractivity contribution in [2.75, 3.05) is 18.6 Å². The molecular weight excluding hydrogens is 370 g/mol. The molecule has 0 spiro atoms. The Kier molecular flexibility index (Phi) is 6.44. The first-order chi connectivity index (χ1) is 14.0. The van der Waals surface area contributed by atoms with Crippen LogP contribution in [0.1, 0.15) is 34.8 Å². The minimum atomic E-state index is -0.889. The van der Waals surface area contributed by atoms with E-state index in [-0.39, 0.29) is 5.91 Å². The molecule has 0 fully saturated rings. The van der Waals surface area contributed by atoms with Gasteiger partial charge in [0.1, 0.15) is 0 Å². The molecule has 6 nitrogen and oxygen atoms in total. The number of carbonyl (C=O) groups is 3. The van der Waals surface area contributed by atoms with E-state index < -0.39 is 18.0 Å². The summed E-state index contributed by atoms with van der Waals surface area (Å²) >= 11 is 0. The van der Waals surface area contributed by atoms with E-state index in [1.54, 1.807) is 42.2 Å². The summed E-state index contributed by atoms with van der Waals surface area (Å²) in [5.74, 6) is -1.26. The highest BCUT2D eigenvalue weighted by atomic mass is 16.5. The van der Waals surface area contributed by atoms with Gasteiger partial charge in [-0.15, -0.1) is 0 Å². The summed E-state index contributed by atoms with van der Waals surface area (Å²) in [4.78, 5) is 38.0. The highest BCUT2D eigenvalue weighted by molar-refractivity contribution is 5.99. The van der Waals surface area contributed by atoms with Crippen molar-refractivity contribution in [1.82, 2.24) is 0 Å². The molecule has 0 N–H and O–H groups in total. The molecule has 150 valence electrons. The Labute approximate surface area is 169 Å². The fraction of sp³-hybridized carbons (Fsp3) is 0.261. The van der Waals surface area contributed by atoms with E-state index in [2.05, 4.69) is 4.74 Å². The monoisotopic (exact) mass is 393 g/mol. The molecule has 0 unspecified atom stereocenters. The minimum absolute atomic E-state index is 0.235. The summed E-state index contributed by atoms with van der Waals surface area (Å²) in [5, 5.41) is 0. The molecule has 0 aliphatic carbocycles. The second-order valence-corrected chi connectivity index (χ2v) is 6.75. The molecule has 0 saturated carbocycles. The molecular formula is C23H23NO5.